The van der Waals surface area contributed by atoms with Gasteiger partial charge in [0.25, 0.3) is 0 Å². The minimum absolute atomic E-state index is 0.106. The first-order valence-corrected chi connectivity index (χ1v) is 10.0. The molecule has 0 aliphatic carbocycles. The zero-order chi connectivity index (χ0) is 20.9. The molecule has 0 radical (unpaired) electrons. The molecule has 0 spiro atoms. The molecule has 4 rings (SSSR count). The third-order valence-corrected chi connectivity index (χ3v) is 5.48. The van der Waals surface area contributed by atoms with Crippen molar-refractivity contribution >= 4 is 40.0 Å². The Morgan fingerprint density at radius 2 is 1.76 bits per heavy atom. The van der Waals surface area contributed by atoms with Crippen LogP contribution in [0, 0.1) is 0 Å². The summed E-state index contributed by atoms with van der Waals surface area (Å²) in [4.78, 5) is 28.3. The van der Waals surface area contributed by atoms with Crippen LogP contribution in [0.25, 0.3) is 10.9 Å². The van der Waals surface area contributed by atoms with Crippen molar-refractivity contribution in [1.29, 1.82) is 0 Å². The number of aryl methyl sites for hydroxylation is 1. The van der Waals surface area contributed by atoms with Crippen LogP contribution in [0.2, 0.25) is 5.02 Å². The van der Waals surface area contributed by atoms with Crippen LogP contribution in [0.4, 0.5) is 5.69 Å². The standard InChI is InChI=1S/C23H24ClN3O2/c1-23(2,3)25-22(29)21-20-17(16-7-5-6-8-18(16)26(20)4)13-19(28)27(21)15-11-9-14(24)10-12-15/h5-12,21H,13H2,1-4H3,(H,25,29). The van der Waals surface area contributed by atoms with Gasteiger partial charge in [0.05, 0.1) is 12.1 Å². The number of carbonyl (C=O) groups excluding carboxylic acids is 2. The molecule has 0 bridgehead atoms. The Morgan fingerprint density at radius 1 is 1.10 bits per heavy atom. The van der Waals surface area contributed by atoms with Crippen molar-refractivity contribution in [2.24, 2.45) is 7.05 Å². The Balaban J connectivity index is 1.94. The average molecular weight is 410 g/mol. The van der Waals surface area contributed by atoms with Gasteiger partial charge in [0.2, 0.25) is 11.8 Å². The Labute approximate surface area is 175 Å². The van der Waals surface area contributed by atoms with Gasteiger partial charge in [-0.05, 0) is 56.7 Å². The number of halogens is 1. The number of amides is 2. The summed E-state index contributed by atoms with van der Waals surface area (Å²) in [6.07, 6.45) is 0.249. The fourth-order valence-corrected chi connectivity index (χ4v) is 4.23. The highest BCUT2D eigenvalue weighted by atomic mass is 35.5. The summed E-state index contributed by atoms with van der Waals surface area (Å²) in [6.45, 7) is 5.81. The van der Waals surface area contributed by atoms with E-state index in [-0.39, 0.29) is 18.2 Å². The predicted octanol–water partition coefficient (Wildman–Crippen LogP) is 4.38. The van der Waals surface area contributed by atoms with Gasteiger partial charge in [-0.2, -0.15) is 0 Å². The zero-order valence-electron chi connectivity index (χ0n) is 17.0. The highest BCUT2D eigenvalue weighted by molar-refractivity contribution is 6.30. The van der Waals surface area contributed by atoms with Gasteiger partial charge < -0.3 is 9.88 Å². The molecule has 1 N–H and O–H groups in total. The second-order valence-electron chi connectivity index (χ2n) is 8.50. The highest BCUT2D eigenvalue weighted by Crippen LogP contribution is 2.40. The first-order chi connectivity index (χ1) is 13.7. The van der Waals surface area contributed by atoms with Crippen LogP contribution in [0.15, 0.2) is 48.5 Å². The number of para-hydroxylation sites is 1. The van der Waals surface area contributed by atoms with Crippen LogP contribution in [-0.2, 0) is 23.1 Å². The molecule has 29 heavy (non-hydrogen) atoms. The highest BCUT2D eigenvalue weighted by Gasteiger charge is 2.42. The van der Waals surface area contributed by atoms with E-state index in [1.165, 1.54) is 0 Å². The second-order valence-corrected chi connectivity index (χ2v) is 8.94. The van der Waals surface area contributed by atoms with E-state index in [4.69, 9.17) is 11.6 Å². The minimum Gasteiger partial charge on any atom is -0.349 e. The molecule has 0 saturated heterocycles. The lowest BCUT2D eigenvalue weighted by Gasteiger charge is -2.37. The largest absolute Gasteiger partial charge is 0.349 e. The molecule has 150 valence electrons. The number of hydrogen-bond acceptors (Lipinski definition) is 2. The van der Waals surface area contributed by atoms with E-state index >= 15 is 0 Å². The molecule has 2 aromatic carbocycles. The fraction of sp³-hybridized carbons (Fsp3) is 0.304. The Morgan fingerprint density at radius 3 is 2.41 bits per heavy atom. The molecule has 1 atom stereocenters. The summed E-state index contributed by atoms with van der Waals surface area (Å²) < 4.78 is 2.03. The van der Waals surface area contributed by atoms with Gasteiger partial charge in [-0.15, -0.1) is 0 Å². The quantitative estimate of drug-likeness (QED) is 0.683. The summed E-state index contributed by atoms with van der Waals surface area (Å²) in [5.41, 5.74) is 3.02. The van der Waals surface area contributed by atoms with Crippen molar-refractivity contribution in [3.05, 3.63) is 64.8 Å². The number of nitrogens with one attached hydrogen (secondary N) is 1. The summed E-state index contributed by atoms with van der Waals surface area (Å²) in [5.74, 6) is -0.308. The normalized spacial score (nSPS) is 16.8. The Bertz CT molecular complexity index is 1110. The van der Waals surface area contributed by atoms with E-state index in [2.05, 4.69) is 5.32 Å². The molecule has 1 aliphatic rings. The smallest absolute Gasteiger partial charge is 0.249 e. The molecule has 3 aromatic rings. The summed E-state index contributed by atoms with van der Waals surface area (Å²) in [7, 11) is 1.95. The van der Waals surface area contributed by atoms with Gasteiger partial charge in [-0.25, -0.2) is 0 Å². The van der Waals surface area contributed by atoms with E-state index < -0.39 is 11.6 Å². The van der Waals surface area contributed by atoms with Gasteiger partial charge in [0.1, 0.15) is 0 Å². The summed E-state index contributed by atoms with van der Waals surface area (Å²) >= 11 is 6.05. The number of carbonyl (C=O) groups is 2. The number of hydrogen-bond donors (Lipinski definition) is 1. The number of rotatable bonds is 2. The van der Waals surface area contributed by atoms with Gasteiger partial charge in [0, 0.05) is 34.2 Å². The Kier molecular flexibility index (Phi) is 4.66. The number of nitrogens with zero attached hydrogens (tertiary/aromatic N) is 2. The maximum atomic E-state index is 13.5. The minimum atomic E-state index is -0.760. The van der Waals surface area contributed by atoms with Crippen molar-refractivity contribution in [3.63, 3.8) is 0 Å². The van der Waals surface area contributed by atoms with Crippen LogP contribution in [-0.4, -0.2) is 21.9 Å². The molecule has 6 heteroatoms. The topological polar surface area (TPSA) is 54.3 Å². The molecular formula is C23H24ClN3O2. The van der Waals surface area contributed by atoms with E-state index in [0.717, 1.165) is 22.2 Å². The van der Waals surface area contributed by atoms with Crippen LogP contribution < -0.4 is 10.2 Å². The first kappa shape index (κ1) is 19.5. The molecule has 1 aromatic heterocycles. The lowest BCUT2D eigenvalue weighted by Crippen LogP contribution is -2.52. The fourth-order valence-electron chi connectivity index (χ4n) is 4.10. The lowest BCUT2D eigenvalue weighted by molar-refractivity contribution is -0.128. The van der Waals surface area contributed by atoms with Crippen molar-refractivity contribution in [2.75, 3.05) is 4.90 Å². The monoisotopic (exact) mass is 409 g/mol. The molecule has 1 unspecified atom stereocenters. The van der Waals surface area contributed by atoms with E-state index in [0.29, 0.717) is 10.7 Å². The SMILES string of the molecule is Cn1c2c(c3ccccc31)CC(=O)N(c1ccc(Cl)cc1)C2C(=O)NC(C)(C)C. The van der Waals surface area contributed by atoms with E-state index in [1.54, 1.807) is 29.2 Å². The third-order valence-electron chi connectivity index (χ3n) is 5.23. The molecule has 1 aliphatic heterocycles. The summed E-state index contributed by atoms with van der Waals surface area (Å²) in [6, 6.07) is 14.2. The molecule has 0 fully saturated rings. The number of anilines is 1. The number of aromatic nitrogens is 1. The maximum absolute atomic E-state index is 13.5. The van der Waals surface area contributed by atoms with Crippen molar-refractivity contribution in [2.45, 2.75) is 38.8 Å². The van der Waals surface area contributed by atoms with Crippen molar-refractivity contribution < 1.29 is 9.59 Å². The number of benzene rings is 2. The molecule has 2 heterocycles. The number of fused-ring (bicyclic) bond motifs is 3. The van der Waals surface area contributed by atoms with Crippen LogP contribution in [0.5, 0.6) is 0 Å². The maximum Gasteiger partial charge on any atom is 0.249 e. The lowest BCUT2D eigenvalue weighted by atomic mass is 9.94. The first-order valence-electron chi connectivity index (χ1n) is 9.63. The Hall–Kier alpha value is -2.79. The van der Waals surface area contributed by atoms with Crippen LogP contribution in [0.1, 0.15) is 38.1 Å². The predicted molar refractivity (Wildman–Crippen MR) is 116 cm³/mol. The molecule has 2 amide bonds. The second kappa shape index (κ2) is 6.92. The third kappa shape index (κ3) is 3.40. The average Bonchev–Trinajstić information content (AvgIpc) is 2.93. The molecule has 0 saturated carbocycles. The van der Waals surface area contributed by atoms with Gasteiger partial charge in [-0.3, -0.25) is 14.5 Å². The van der Waals surface area contributed by atoms with E-state index in [1.807, 2.05) is 56.7 Å². The molecule has 5 nitrogen and oxygen atoms in total. The van der Waals surface area contributed by atoms with Gasteiger partial charge in [0.15, 0.2) is 6.04 Å². The van der Waals surface area contributed by atoms with Crippen molar-refractivity contribution in [1.82, 2.24) is 9.88 Å². The zero-order valence-corrected chi connectivity index (χ0v) is 17.7. The van der Waals surface area contributed by atoms with Gasteiger partial charge in [-0.1, -0.05) is 29.8 Å². The summed E-state index contributed by atoms with van der Waals surface area (Å²) in [5, 5.41) is 4.66. The van der Waals surface area contributed by atoms with Gasteiger partial charge >= 0.3 is 0 Å². The van der Waals surface area contributed by atoms with Crippen LogP contribution in [0.3, 0.4) is 0 Å². The van der Waals surface area contributed by atoms with Crippen molar-refractivity contribution in [3.8, 4) is 0 Å². The van der Waals surface area contributed by atoms with Crippen LogP contribution >= 0.6 is 11.6 Å². The molecular weight excluding hydrogens is 386 g/mol. The van der Waals surface area contributed by atoms with E-state index in [9.17, 15) is 9.59 Å².